The quantitative estimate of drug-likeness (QED) is 0.720. The van der Waals surface area contributed by atoms with E-state index in [0.29, 0.717) is 25.6 Å². The minimum Gasteiger partial charge on any atom is -0.377 e. The van der Waals surface area contributed by atoms with Crippen molar-refractivity contribution in [3.8, 4) is 0 Å². The molecule has 3 atom stereocenters. The maximum Gasteiger partial charge on any atom is 0.408 e. The summed E-state index contributed by atoms with van der Waals surface area (Å²) in [6.07, 6.45) is -6.32. The standard InChI is InChI=1S/C18H26F4N4O2/c1-11(2)13(19)9-26-14(18(20,21)22)4-5-25-16(27)8-15(23-17(25)26)24-6-7-28-10-12(24)3/h8,11-14H,4-7,9-10H2,1-3H3/t12-,13-,14?/m1/s1. The lowest BCUT2D eigenvalue weighted by atomic mass is 10.0. The van der Waals surface area contributed by atoms with Gasteiger partial charge in [0.25, 0.3) is 5.56 Å². The van der Waals surface area contributed by atoms with Crippen LogP contribution in [0.3, 0.4) is 0 Å². The van der Waals surface area contributed by atoms with Crippen LogP contribution >= 0.6 is 0 Å². The number of aromatic nitrogens is 2. The Morgan fingerprint density at radius 2 is 2.04 bits per heavy atom. The second kappa shape index (κ2) is 7.88. The molecule has 1 aromatic heterocycles. The van der Waals surface area contributed by atoms with E-state index in [4.69, 9.17) is 4.74 Å². The molecule has 28 heavy (non-hydrogen) atoms. The third-order valence-corrected chi connectivity index (χ3v) is 5.37. The first kappa shape index (κ1) is 20.9. The lowest BCUT2D eigenvalue weighted by molar-refractivity contribution is -0.153. The van der Waals surface area contributed by atoms with Crippen LogP contribution in [0.2, 0.25) is 0 Å². The number of morpholine rings is 1. The summed E-state index contributed by atoms with van der Waals surface area (Å²) in [4.78, 5) is 19.8. The summed E-state index contributed by atoms with van der Waals surface area (Å²) < 4.78 is 62.0. The predicted molar refractivity (Wildman–Crippen MR) is 97.7 cm³/mol. The Bertz CT molecular complexity index is 752. The van der Waals surface area contributed by atoms with Crippen LogP contribution in [0.5, 0.6) is 0 Å². The molecule has 6 nitrogen and oxygen atoms in total. The minimum atomic E-state index is -4.54. The number of hydrogen-bond donors (Lipinski definition) is 0. The zero-order chi connectivity index (χ0) is 20.6. The second-order valence-corrected chi connectivity index (χ2v) is 7.78. The lowest BCUT2D eigenvalue weighted by Crippen LogP contribution is -2.55. The first-order valence-corrected chi connectivity index (χ1v) is 9.53. The third kappa shape index (κ3) is 4.11. The molecule has 158 valence electrons. The predicted octanol–water partition coefficient (Wildman–Crippen LogP) is 2.60. The van der Waals surface area contributed by atoms with E-state index in [1.165, 1.54) is 10.6 Å². The third-order valence-electron chi connectivity index (χ3n) is 5.37. The van der Waals surface area contributed by atoms with E-state index in [1.54, 1.807) is 13.8 Å². The van der Waals surface area contributed by atoms with Gasteiger partial charge in [-0.25, -0.2) is 4.39 Å². The molecule has 10 heteroatoms. The molecule has 0 spiro atoms. The smallest absolute Gasteiger partial charge is 0.377 e. The molecule has 1 unspecified atom stereocenters. The zero-order valence-electron chi connectivity index (χ0n) is 16.2. The molecule has 3 heterocycles. The Labute approximate surface area is 161 Å². The highest BCUT2D eigenvalue weighted by molar-refractivity contribution is 5.47. The molecule has 2 aliphatic rings. The van der Waals surface area contributed by atoms with Gasteiger partial charge in [0.05, 0.1) is 25.8 Å². The van der Waals surface area contributed by atoms with Gasteiger partial charge in [-0.1, -0.05) is 13.8 Å². The van der Waals surface area contributed by atoms with Crippen molar-refractivity contribution < 1.29 is 22.3 Å². The average molecular weight is 406 g/mol. The van der Waals surface area contributed by atoms with Crippen molar-refractivity contribution in [1.82, 2.24) is 9.55 Å². The topological polar surface area (TPSA) is 50.6 Å². The Balaban J connectivity index is 2.05. The summed E-state index contributed by atoms with van der Waals surface area (Å²) >= 11 is 0. The van der Waals surface area contributed by atoms with Crippen LogP contribution in [0, 0.1) is 5.92 Å². The lowest BCUT2D eigenvalue weighted by Gasteiger charge is -2.41. The Kier molecular flexibility index (Phi) is 5.88. The molecule has 0 aromatic carbocycles. The minimum absolute atomic E-state index is 0.0660. The molecule has 3 rings (SSSR count). The molecular weight excluding hydrogens is 380 g/mol. The number of alkyl halides is 4. The van der Waals surface area contributed by atoms with Crippen molar-refractivity contribution in [3.63, 3.8) is 0 Å². The number of fused-ring (bicyclic) bond motifs is 1. The Morgan fingerprint density at radius 1 is 1.32 bits per heavy atom. The van der Waals surface area contributed by atoms with E-state index >= 15 is 0 Å². The molecule has 1 saturated heterocycles. The molecule has 0 saturated carbocycles. The average Bonchev–Trinajstić information content (AvgIpc) is 2.61. The monoisotopic (exact) mass is 406 g/mol. The van der Waals surface area contributed by atoms with E-state index in [9.17, 15) is 22.4 Å². The van der Waals surface area contributed by atoms with Crippen molar-refractivity contribution >= 4 is 11.8 Å². The van der Waals surface area contributed by atoms with Gasteiger partial charge < -0.3 is 14.5 Å². The van der Waals surface area contributed by atoms with Gasteiger partial charge >= 0.3 is 6.18 Å². The van der Waals surface area contributed by atoms with Gasteiger partial charge in [-0.2, -0.15) is 18.2 Å². The fourth-order valence-corrected chi connectivity index (χ4v) is 3.62. The van der Waals surface area contributed by atoms with Crippen LogP contribution in [0.15, 0.2) is 10.9 Å². The molecule has 0 radical (unpaired) electrons. The van der Waals surface area contributed by atoms with Gasteiger partial charge in [-0.05, 0) is 19.3 Å². The van der Waals surface area contributed by atoms with Gasteiger partial charge in [-0.15, -0.1) is 0 Å². The van der Waals surface area contributed by atoms with Crippen LogP contribution < -0.4 is 15.4 Å². The molecule has 1 aromatic rings. The van der Waals surface area contributed by atoms with Gasteiger partial charge in [-0.3, -0.25) is 9.36 Å². The molecule has 2 aliphatic heterocycles. The maximum absolute atomic E-state index is 14.4. The molecule has 0 aliphatic carbocycles. The van der Waals surface area contributed by atoms with E-state index in [1.807, 2.05) is 11.8 Å². The van der Waals surface area contributed by atoms with Crippen molar-refractivity contribution in [2.45, 2.75) is 58.2 Å². The highest BCUT2D eigenvalue weighted by Crippen LogP contribution is 2.35. The van der Waals surface area contributed by atoms with Crippen LogP contribution in [0.25, 0.3) is 0 Å². The van der Waals surface area contributed by atoms with E-state index in [-0.39, 0.29) is 25.0 Å². The van der Waals surface area contributed by atoms with E-state index in [2.05, 4.69) is 4.98 Å². The molecule has 0 N–H and O–H groups in total. The molecular formula is C18H26F4N4O2. The highest BCUT2D eigenvalue weighted by Gasteiger charge is 2.47. The van der Waals surface area contributed by atoms with Crippen LogP contribution in [-0.2, 0) is 11.3 Å². The van der Waals surface area contributed by atoms with Crippen molar-refractivity contribution in [2.24, 2.45) is 5.92 Å². The van der Waals surface area contributed by atoms with Gasteiger partial charge in [0, 0.05) is 19.2 Å². The number of hydrogen-bond acceptors (Lipinski definition) is 5. The van der Waals surface area contributed by atoms with Crippen LogP contribution in [0.4, 0.5) is 29.3 Å². The van der Waals surface area contributed by atoms with Crippen LogP contribution in [-0.4, -0.2) is 60.3 Å². The molecule has 0 amide bonds. The van der Waals surface area contributed by atoms with Gasteiger partial charge in [0.2, 0.25) is 5.95 Å². The van der Waals surface area contributed by atoms with Crippen LogP contribution in [0.1, 0.15) is 27.2 Å². The fourth-order valence-electron chi connectivity index (χ4n) is 3.62. The SMILES string of the molecule is CC(C)[C@H](F)CN1c2nc(N3CCOC[C@H]3C)cc(=O)n2CCC1C(F)(F)F. The number of nitrogens with zero attached hydrogens (tertiary/aromatic N) is 4. The largest absolute Gasteiger partial charge is 0.408 e. The maximum atomic E-state index is 14.4. The molecule has 0 bridgehead atoms. The van der Waals surface area contributed by atoms with E-state index in [0.717, 1.165) is 4.90 Å². The van der Waals surface area contributed by atoms with Crippen molar-refractivity contribution in [1.29, 1.82) is 0 Å². The summed E-state index contributed by atoms with van der Waals surface area (Å²) in [6, 6.07) is -0.593. The Hall–Kier alpha value is -1.84. The number of anilines is 2. The number of halogens is 4. The van der Waals surface area contributed by atoms with Crippen molar-refractivity contribution in [3.05, 3.63) is 16.4 Å². The van der Waals surface area contributed by atoms with E-state index < -0.39 is 36.4 Å². The number of ether oxygens (including phenoxy) is 1. The van der Waals surface area contributed by atoms with Gasteiger partial charge in [0.15, 0.2) is 0 Å². The summed E-state index contributed by atoms with van der Waals surface area (Å²) in [5, 5.41) is 0. The summed E-state index contributed by atoms with van der Waals surface area (Å²) in [5.74, 6) is -0.253. The first-order chi connectivity index (χ1) is 13.1. The zero-order valence-corrected chi connectivity index (χ0v) is 16.2. The Morgan fingerprint density at radius 3 is 2.64 bits per heavy atom. The second-order valence-electron chi connectivity index (χ2n) is 7.78. The highest BCUT2D eigenvalue weighted by atomic mass is 19.4. The van der Waals surface area contributed by atoms with Gasteiger partial charge in [0.1, 0.15) is 18.0 Å². The summed E-state index contributed by atoms with van der Waals surface area (Å²) in [6.45, 7) is 5.93. The first-order valence-electron chi connectivity index (χ1n) is 9.53. The normalized spacial score (nSPS) is 24.4. The fraction of sp³-hybridized carbons (Fsp3) is 0.778. The molecule has 1 fully saturated rings. The summed E-state index contributed by atoms with van der Waals surface area (Å²) in [7, 11) is 0. The number of rotatable bonds is 4. The summed E-state index contributed by atoms with van der Waals surface area (Å²) in [5.41, 5.74) is -0.427. The van der Waals surface area contributed by atoms with Crippen molar-refractivity contribution in [2.75, 3.05) is 36.1 Å².